The first-order valence-corrected chi connectivity index (χ1v) is 6.42. The van der Waals surface area contributed by atoms with Crippen molar-refractivity contribution in [2.45, 2.75) is 33.1 Å². The van der Waals surface area contributed by atoms with Gasteiger partial charge < -0.3 is 14.5 Å². The summed E-state index contributed by atoms with van der Waals surface area (Å²) in [6, 6.07) is 0. The molecule has 4 heteroatoms. The number of hydrogen-bond donors (Lipinski definition) is 0. The number of amides is 1. The summed E-state index contributed by atoms with van der Waals surface area (Å²) in [5.74, 6) is 0. The summed E-state index contributed by atoms with van der Waals surface area (Å²) in [7, 11) is 0. The van der Waals surface area contributed by atoms with Crippen LogP contribution < -0.4 is 0 Å². The van der Waals surface area contributed by atoms with Crippen molar-refractivity contribution in [2.75, 3.05) is 39.3 Å². The van der Waals surface area contributed by atoms with Crippen LogP contribution >= 0.6 is 0 Å². The number of nitrogens with zero attached hydrogens (tertiary/aromatic N) is 2. The molecule has 4 nitrogen and oxygen atoms in total. The van der Waals surface area contributed by atoms with Crippen LogP contribution in [0.1, 0.15) is 33.1 Å². The van der Waals surface area contributed by atoms with Gasteiger partial charge in [0.2, 0.25) is 0 Å². The van der Waals surface area contributed by atoms with Gasteiger partial charge in [0.1, 0.15) is 6.61 Å². The van der Waals surface area contributed by atoms with Crippen molar-refractivity contribution in [1.29, 1.82) is 0 Å². The zero-order valence-corrected chi connectivity index (χ0v) is 10.6. The van der Waals surface area contributed by atoms with Crippen molar-refractivity contribution < 1.29 is 9.53 Å². The fourth-order valence-electron chi connectivity index (χ4n) is 1.97. The zero-order chi connectivity index (χ0) is 11.8. The second kappa shape index (κ2) is 7.49. The minimum absolute atomic E-state index is 0.133. The van der Waals surface area contributed by atoms with Crippen molar-refractivity contribution in [3.63, 3.8) is 0 Å². The zero-order valence-electron chi connectivity index (χ0n) is 10.6. The van der Waals surface area contributed by atoms with E-state index in [0.717, 1.165) is 45.6 Å². The molecular weight excluding hydrogens is 204 g/mol. The van der Waals surface area contributed by atoms with E-state index < -0.39 is 0 Å². The van der Waals surface area contributed by atoms with Crippen molar-refractivity contribution in [1.82, 2.24) is 9.80 Å². The van der Waals surface area contributed by atoms with E-state index in [2.05, 4.69) is 18.7 Å². The van der Waals surface area contributed by atoms with Gasteiger partial charge in [0.05, 0.1) is 0 Å². The Morgan fingerprint density at radius 2 is 1.81 bits per heavy atom. The lowest BCUT2D eigenvalue weighted by atomic mass is 10.1. The predicted octanol–water partition coefficient (Wildman–Crippen LogP) is 1.95. The first kappa shape index (κ1) is 13.3. The molecule has 0 spiro atoms. The van der Waals surface area contributed by atoms with Gasteiger partial charge in [-0.1, -0.05) is 13.8 Å². The van der Waals surface area contributed by atoms with Gasteiger partial charge >= 0.3 is 6.09 Å². The van der Waals surface area contributed by atoms with Gasteiger partial charge in [0.15, 0.2) is 0 Å². The van der Waals surface area contributed by atoms with E-state index in [1.54, 1.807) is 0 Å². The second-order valence-corrected chi connectivity index (χ2v) is 4.19. The highest BCUT2D eigenvalue weighted by Crippen LogP contribution is 2.09. The van der Waals surface area contributed by atoms with Crippen LogP contribution in [0.3, 0.4) is 0 Å². The molecule has 0 atom stereocenters. The van der Waals surface area contributed by atoms with Gasteiger partial charge in [0.25, 0.3) is 0 Å². The number of likely N-dealkylation sites (N-methyl/N-ethyl adjacent to an activating group) is 1. The van der Waals surface area contributed by atoms with E-state index in [4.69, 9.17) is 4.74 Å². The largest absolute Gasteiger partial charge is 0.448 e. The maximum atomic E-state index is 11.6. The quantitative estimate of drug-likeness (QED) is 0.721. The Morgan fingerprint density at radius 1 is 1.19 bits per heavy atom. The SMILES string of the molecule is CCN(CC)CCOC(=O)N1CCCCC1. The van der Waals surface area contributed by atoms with E-state index in [9.17, 15) is 4.79 Å². The summed E-state index contributed by atoms with van der Waals surface area (Å²) in [5.41, 5.74) is 0. The molecule has 0 bridgehead atoms. The molecule has 1 heterocycles. The van der Waals surface area contributed by atoms with Crippen LogP contribution in [-0.2, 0) is 4.74 Å². The average Bonchev–Trinajstić information content (AvgIpc) is 2.35. The van der Waals surface area contributed by atoms with E-state index in [1.165, 1.54) is 6.42 Å². The molecule has 0 aliphatic carbocycles. The van der Waals surface area contributed by atoms with Crippen molar-refractivity contribution in [3.05, 3.63) is 0 Å². The predicted molar refractivity (Wildman–Crippen MR) is 64.6 cm³/mol. The molecular formula is C12H24N2O2. The standard InChI is InChI=1S/C12H24N2O2/c1-3-13(4-2)10-11-16-12(15)14-8-6-5-7-9-14/h3-11H2,1-2H3. The molecule has 1 amide bonds. The summed E-state index contributed by atoms with van der Waals surface area (Å²) in [6.45, 7) is 9.35. The molecule has 1 aliphatic rings. The molecule has 0 aromatic heterocycles. The molecule has 1 rings (SSSR count). The van der Waals surface area contributed by atoms with Crippen molar-refractivity contribution >= 4 is 6.09 Å². The maximum Gasteiger partial charge on any atom is 0.409 e. The maximum absolute atomic E-state index is 11.6. The third kappa shape index (κ3) is 4.39. The van der Waals surface area contributed by atoms with Crippen LogP contribution in [-0.4, -0.2) is 55.2 Å². The van der Waals surface area contributed by atoms with Gasteiger partial charge in [-0.05, 0) is 32.4 Å². The molecule has 1 fully saturated rings. The molecule has 0 radical (unpaired) electrons. The van der Waals surface area contributed by atoms with E-state index in [1.807, 2.05) is 4.90 Å². The third-order valence-corrected chi connectivity index (χ3v) is 3.14. The van der Waals surface area contributed by atoms with Crippen molar-refractivity contribution in [2.24, 2.45) is 0 Å². The Morgan fingerprint density at radius 3 is 2.38 bits per heavy atom. The van der Waals surface area contributed by atoms with E-state index >= 15 is 0 Å². The summed E-state index contributed by atoms with van der Waals surface area (Å²) in [6.07, 6.45) is 3.34. The first-order chi connectivity index (χ1) is 7.77. The molecule has 94 valence electrons. The third-order valence-electron chi connectivity index (χ3n) is 3.14. The molecule has 0 N–H and O–H groups in total. The Labute approximate surface area is 98.5 Å². The fraction of sp³-hybridized carbons (Fsp3) is 0.917. The number of carbonyl (C=O) groups excluding carboxylic acids is 1. The minimum Gasteiger partial charge on any atom is -0.448 e. The van der Waals surface area contributed by atoms with Gasteiger partial charge in [-0.15, -0.1) is 0 Å². The summed E-state index contributed by atoms with van der Waals surface area (Å²) in [4.78, 5) is 15.7. The Hall–Kier alpha value is -0.770. The van der Waals surface area contributed by atoms with Gasteiger partial charge in [0, 0.05) is 19.6 Å². The number of carbonyl (C=O) groups is 1. The lowest BCUT2D eigenvalue weighted by Gasteiger charge is -2.26. The monoisotopic (exact) mass is 228 g/mol. The highest BCUT2D eigenvalue weighted by atomic mass is 16.6. The van der Waals surface area contributed by atoms with Crippen LogP contribution in [0.5, 0.6) is 0 Å². The van der Waals surface area contributed by atoms with Crippen molar-refractivity contribution in [3.8, 4) is 0 Å². The molecule has 1 aliphatic heterocycles. The number of ether oxygens (including phenoxy) is 1. The topological polar surface area (TPSA) is 32.8 Å². The summed E-state index contributed by atoms with van der Waals surface area (Å²) in [5, 5.41) is 0. The highest BCUT2D eigenvalue weighted by molar-refractivity contribution is 5.67. The summed E-state index contributed by atoms with van der Waals surface area (Å²) < 4.78 is 5.26. The Bertz CT molecular complexity index is 199. The van der Waals surface area contributed by atoms with Gasteiger partial charge in [-0.2, -0.15) is 0 Å². The Balaban J connectivity index is 2.13. The second-order valence-electron chi connectivity index (χ2n) is 4.19. The van der Waals surface area contributed by atoms with Crippen LogP contribution in [0.15, 0.2) is 0 Å². The van der Waals surface area contributed by atoms with Crippen LogP contribution in [0.4, 0.5) is 4.79 Å². The molecule has 0 aromatic rings. The lowest BCUT2D eigenvalue weighted by molar-refractivity contribution is 0.0856. The number of piperidine rings is 1. The molecule has 1 saturated heterocycles. The van der Waals surface area contributed by atoms with E-state index in [-0.39, 0.29) is 6.09 Å². The smallest absolute Gasteiger partial charge is 0.409 e. The normalized spacial score (nSPS) is 16.6. The van der Waals surface area contributed by atoms with E-state index in [0.29, 0.717) is 6.61 Å². The number of hydrogen-bond acceptors (Lipinski definition) is 3. The molecule has 0 saturated carbocycles. The van der Waals surface area contributed by atoms with Crippen LogP contribution in [0.25, 0.3) is 0 Å². The van der Waals surface area contributed by atoms with Gasteiger partial charge in [-0.3, -0.25) is 0 Å². The number of rotatable bonds is 5. The van der Waals surface area contributed by atoms with Gasteiger partial charge in [-0.25, -0.2) is 4.79 Å². The molecule has 0 aromatic carbocycles. The highest BCUT2D eigenvalue weighted by Gasteiger charge is 2.17. The number of likely N-dealkylation sites (tertiary alicyclic amines) is 1. The lowest BCUT2D eigenvalue weighted by Crippen LogP contribution is -2.37. The first-order valence-electron chi connectivity index (χ1n) is 6.42. The van der Waals surface area contributed by atoms with Crippen LogP contribution in [0, 0.1) is 0 Å². The molecule has 16 heavy (non-hydrogen) atoms. The molecule has 0 unspecified atom stereocenters. The Kier molecular flexibility index (Phi) is 6.23. The minimum atomic E-state index is -0.133. The van der Waals surface area contributed by atoms with Crippen LogP contribution in [0.2, 0.25) is 0 Å². The average molecular weight is 228 g/mol. The fourth-order valence-corrected chi connectivity index (χ4v) is 1.97. The summed E-state index contributed by atoms with van der Waals surface area (Å²) >= 11 is 0.